The molecule has 0 aliphatic carbocycles. The second-order valence-corrected chi connectivity index (χ2v) is 4.34. The molecule has 4 atom stereocenters. The van der Waals surface area contributed by atoms with Crippen molar-refractivity contribution in [2.45, 2.75) is 44.4 Å². The largest absolute Gasteiger partial charge is 0.418 e. The van der Waals surface area contributed by atoms with Crippen LogP contribution in [0.2, 0.25) is 6.32 Å². The molecular weight excluding hydrogens is 217 g/mol. The summed E-state index contributed by atoms with van der Waals surface area (Å²) in [6, 6.07) is 2.32. The molecule has 0 aromatic rings. The van der Waals surface area contributed by atoms with Gasteiger partial charge in [-0.15, -0.1) is 6.58 Å². The molecule has 1 fully saturated rings. The van der Waals surface area contributed by atoms with E-state index in [0.29, 0.717) is 19.2 Å². The van der Waals surface area contributed by atoms with Crippen LogP contribution in [0.15, 0.2) is 12.7 Å². The van der Waals surface area contributed by atoms with Gasteiger partial charge < -0.3 is 20.6 Å². The van der Waals surface area contributed by atoms with E-state index >= 15 is 0 Å². The van der Waals surface area contributed by atoms with Gasteiger partial charge in [0.25, 0.3) is 0 Å². The zero-order chi connectivity index (χ0) is 12.8. The molecule has 4 unspecified atom stereocenters. The molecule has 4 N–H and O–H groups in total. The van der Waals surface area contributed by atoms with Gasteiger partial charge >= 0.3 is 6.92 Å². The van der Waals surface area contributed by atoms with E-state index in [2.05, 4.69) is 18.4 Å². The number of hydrogen-bond donors (Lipinski definition) is 3. The average molecular weight is 237 g/mol. The maximum absolute atomic E-state index is 10.0. The lowest BCUT2D eigenvalue weighted by Gasteiger charge is -2.27. The van der Waals surface area contributed by atoms with Crippen molar-refractivity contribution in [2.24, 2.45) is 11.7 Å². The molecule has 1 rings (SSSR count). The first-order valence-corrected chi connectivity index (χ1v) is 5.97. The lowest BCUT2D eigenvalue weighted by atomic mass is 9.63. The van der Waals surface area contributed by atoms with E-state index in [0.717, 1.165) is 0 Å². The number of aliphatic hydroxyl groups is 2. The number of nitrogens with two attached hydrogens (primary N) is 1. The summed E-state index contributed by atoms with van der Waals surface area (Å²) >= 11 is 0. The second-order valence-electron chi connectivity index (χ2n) is 4.34. The normalized spacial score (nSPS) is 27.1. The van der Waals surface area contributed by atoms with Gasteiger partial charge in [0.2, 0.25) is 0 Å². The van der Waals surface area contributed by atoms with Gasteiger partial charge in [0.1, 0.15) is 0 Å². The van der Waals surface area contributed by atoms with Crippen molar-refractivity contribution in [3.63, 3.8) is 0 Å². The third-order valence-corrected chi connectivity index (χ3v) is 3.17. The third-order valence-electron chi connectivity index (χ3n) is 3.17. The van der Waals surface area contributed by atoms with E-state index in [4.69, 9.17) is 10.4 Å². The van der Waals surface area contributed by atoms with Gasteiger partial charge in [-0.2, -0.15) is 0 Å². The molecule has 0 spiro atoms. The summed E-state index contributed by atoms with van der Waals surface area (Å²) in [6.45, 7) is 5.19. The molecule has 1 saturated heterocycles. The van der Waals surface area contributed by atoms with Crippen molar-refractivity contribution < 1.29 is 14.9 Å². The average Bonchev–Trinajstić information content (AvgIpc) is 2.73. The van der Waals surface area contributed by atoms with Crippen LogP contribution >= 0.6 is 0 Å². The molecule has 1 aliphatic rings. The summed E-state index contributed by atoms with van der Waals surface area (Å²) in [6.07, 6.45) is 1.84. The number of aliphatic hydroxyl groups excluding tert-OH is 2. The number of hydrogen-bond acceptors (Lipinski definition) is 4. The fourth-order valence-corrected chi connectivity index (χ4v) is 2.24. The summed E-state index contributed by atoms with van der Waals surface area (Å²) in [4.78, 5) is 0. The lowest BCUT2D eigenvalue weighted by molar-refractivity contribution is -0.0181. The molecular formula is C12H20BNO3. The highest BCUT2D eigenvalue weighted by Crippen LogP contribution is 2.32. The topological polar surface area (TPSA) is 75.7 Å². The van der Waals surface area contributed by atoms with Crippen molar-refractivity contribution in [3.8, 4) is 11.9 Å². The molecule has 1 heterocycles. The predicted molar refractivity (Wildman–Crippen MR) is 68.0 cm³/mol. The van der Waals surface area contributed by atoms with Crippen LogP contribution < -0.4 is 5.73 Å². The van der Waals surface area contributed by atoms with Gasteiger partial charge in [0, 0.05) is 5.92 Å². The highest BCUT2D eigenvalue weighted by molar-refractivity contribution is 6.62. The smallest absolute Gasteiger partial charge is 0.382 e. The molecule has 0 aromatic carbocycles. The zero-order valence-corrected chi connectivity index (χ0v) is 10.2. The van der Waals surface area contributed by atoms with Crippen LogP contribution in [0.3, 0.4) is 0 Å². The van der Waals surface area contributed by atoms with Crippen molar-refractivity contribution >= 4 is 6.92 Å². The molecule has 17 heavy (non-hydrogen) atoms. The van der Waals surface area contributed by atoms with E-state index in [1.54, 1.807) is 6.08 Å². The molecule has 0 saturated carbocycles. The van der Waals surface area contributed by atoms with Crippen LogP contribution in [0.5, 0.6) is 0 Å². The van der Waals surface area contributed by atoms with Gasteiger partial charge in [-0.3, -0.25) is 0 Å². The SMILES string of the molecule is C=CCC(O)C1CB(C#CN)OC1C(O)CC. The minimum atomic E-state index is -0.580. The molecule has 1 aliphatic heterocycles. The number of rotatable bonds is 5. The van der Waals surface area contributed by atoms with Gasteiger partial charge in [-0.1, -0.05) is 18.8 Å². The Morgan fingerprint density at radius 1 is 1.59 bits per heavy atom. The Bertz CT molecular complexity index is 313. The highest BCUT2D eigenvalue weighted by Gasteiger charge is 2.43. The van der Waals surface area contributed by atoms with E-state index in [-0.39, 0.29) is 18.9 Å². The van der Waals surface area contributed by atoms with Crippen molar-refractivity contribution in [3.05, 3.63) is 12.7 Å². The molecule has 94 valence electrons. The summed E-state index contributed by atoms with van der Waals surface area (Å²) in [5.41, 5.74) is 5.16. The van der Waals surface area contributed by atoms with Crippen LogP contribution in [-0.2, 0) is 4.65 Å². The summed E-state index contributed by atoms with van der Waals surface area (Å²) in [5.74, 6) is 2.62. The summed E-state index contributed by atoms with van der Waals surface area (Å²) in [5, 5.41) is 19.9. The van der Waals surface area contributed by atoms with Gasteiger partial charge in [0.05, 0.1) is 18.3 Å². The first-order valence-electron chi connectivity index (χ1n) is 5.97. The minimum Gasteiger partial charge on any atom is -0.418 e. The Morgan fingerprint density at radius 2 is 2.29 bits per heavy atom. The van der Waals surface area contributed by atoms with Gasteiger partial charge in [0.15, 0.2) is 0 Å². The van der Waals surface area contributed by atoms with Gasteiger partial charge in [-0.05, 0) is 25.2 Å². The van der Waals surface area contributed by atoms with E-state index in [9.17, 15) is 10.2 Å². The van der Waals surface area contributed by atoms with E-state index in [1.807, 2.05) is 6.92 Å². The highest BCUT2D eigenvalue weighted by atomic mass is 16.5. The van der Waals surface area contributed by atoms with E-state index in [1.165, 1.54) is 0 Å². The Hall–Kier alpha value is -0.955. The Balaban J connectivity index is 2.74. The molecule has 0 bridgehead atoms. The summed E-state index contributed by atoms with van der Waals surface area (Å²) in [7, 11) is 0. The Labute approximate surface area is 103 Å². The molecule has 0 amide bonds. The maximum atomic E-state index is 10.0. The molecule has 0 aromatic heterocycles. The zero-order valence-electron chi connectivity index (χ0n) is 10.2. The van der Waals surface area contributed by atoms with Gasteiger partial charge in [-0.25, -0.2) is 0 Å². The fourth-order valence-electron chi connectivity index (χ4n) is 2.24. The first kappa shape index (κ1) is 14.1. The Kier molecular flexibility index (Phi) is 5.56. The van der Waals surface area contributed by atoms with Crippen LogP contribution in [0.4, 0.5) is 0 Å². The predicted octanol–water partition coefficient (Wildman–Crippen LogP) is 0.160. The molecule has 0 radical (unpaired) electrons. The molecule has 4 nitrogen and oxygen atoms in total. The quantitative estimate of drug-likeness (QED) is 0.275. The maximum Gasteiger partial charge on any atom is 0.382 e. The van der Waals surface area contributed by atoms with Crippen molar-refractivity contribution in [1.29, 1.82) is 0 Å². The Morgan fingerprint density at radius 3 is 2.82 bits per heavy atom. The van der Waals surface area contributed by atoms with Crippen molar-refractivity contribution in [2.75, 3.05) is 0 Å². The van der Waals surface area contributed by atoms with Crippen LogP contribution in [0.25, 0.3) is 0 Å². The van der Waals surface area contributed by atoms with Crippen LogP contribution in [0, 0.1) is 17.8 Å². The van der Waals surface area contributed by atoms with E-state index < -0.39 is 12.2 Å². The van der Waals surface area contributed by atoms with Crippen LogP contribution in [0.1, 0.15) is 19.8 Å². The molecule has 5 heteroatoms. The van der Waals surface area contributed by atoms with Crippen LogP contribution in [-0.4, -0.2) is 35.4 Å². The minimum absolute atomic E-state index is 0.117. The summed E-state index contributed by atoms with van der Waals surface area (Å²) < 4.78 is 5.64. The second kappa shape index (κ2) is 6.70. The third kappa shape index (κ3) is 3.50. The first-order chi connectivity index (χ1) is 8.13. The lowest BCUT2D eigenvalue weighted by Crippen LogP contribution is -2.36. The fraction of sp³-hybridized carbons (Fsp3) is 0.667. The monoisotopic (exact) mass is 237 g/mol. The van der Waals surface area contributed by atoms with Crippen molar-refractivity contribution in [1.82, 2.24) is 0 Å². The standard InChI is InChI=1S/C12H20BNO3/c1-3-5-11(16)9-8-13(6-7-14)17-12(9)10(15)4-2/h3,9-12,15-16H,1,4-5,8,14H2,2H3.